The second-order valence-corrected chi connectivity index (χ2v) is 5.36. The summed E-state index contributed by atoms with van der Waals surface area (Å²) in [7, 11) is 0. The van der Waals surface area contributed by atoms with Crippen LogP contribution >= 0.6 is 15.9 Å². The minimum absolute atomic E-state index is 0.116. The quantitative estimate of drug-likeness (QED) is 0.924. The Balaban J connectivity index is 2.27. The highest BCUT2D eigenvalue weighted by Crippen LogP contribution is 2.23. The van der Waals surface area contributed by atoms with Gasteiger partial charge < -0.3 is 9.84 Å². The van der Waals surface area contributed by atoms with Crippen molar-refractivity contribution in [2.75, 3.05) is 0 Å². The molecule has 0 fully saturated rings. The summed E-state index contributed by atoms with van der Waals surface area (Å²) in [6, 6.07) is 9.33. The lowest BCUT2D eigenvalue weighted by atomic mass is 10.1. The third-order valence-corrected chi connectivity index (χ3v) is 3.28. The maximum atomic E-state index is 11.3. The molecule has 0 spiro atoms. The maximum Gasteiger partial charge on any atom is 0.341 e. The smallest absolute Gasteiger partial charge is 0.341 e. The Morgan fingerprint density at radius 1 is 1.35 bits per heavy atom. The van der Waals surface area contributed by atoms with Gasteiger partial charge in [0.2, 0.25) is 0 Å². The molecule has 2 aromatic rings. The lowest BCUT2D eigenvalue weighted by Crippen LogP contribution is -2.08. The van der Waals surface area contributed by atoms with E-state index in [1.807, 2.05) is 31.2 Å². The molecule has 0 atom stereocenters. The third-order valence-electron chi connectivity index (χ3n) is 2.79. The molecule has 0 saturated carbocycles. The van der Waals surface area contributed by atoms with Crippen molar-refractivity contribution in [2.45, 2.75) is 20.5 Å². The highest BCUT2D eigenvalue weighted by molar-refractivity contribution is 9.10. The minimum atomic E-state index is -1.03. The summed E-state index contributed by atoms with van der Waals surface area (Å²) in [5, 5.41) is 9.25. The van der Waals surface area contributed by atoms with Crippen LogP contribution in [-0.2, 0) is 6.61 Å². The van der Waals surface area contributed by atoms with Crippen LogP contribution in [0.25, 0.3) is 0 Å². The average molecular weight is 336 g/mol. The monoisotopic (exact) mass is 335 g/mol. The van der Waals surface area contributed by atoms with E-state index in [0.29, 0.717) is 18.1 Å². The first kappa shape index (κ1) is 14.5. The van der Waals surface area contributed by atoms with Crippen molar-refractivity contribution in [1.29, 1.82) is 0 Å². The average Bonchev–Trinajstić information content (AvgIpc) is 2.35. The molecular weight excluding hydrogens is 322 g/mol. The molecule has 4 nitrogen and oxygen atoms in total. The molecule has 1 aromatic heterocycles. The van der Waals surface area contributed by atoms with Gasteiger partial charge in [0, 0.05) is 16.2 Å². The van der Waals surface area contributed by atoms with Gasteiger partial charge in [0.05, 0.1) is 5.69 Å². The largest absolute Gasteiger partial charge is 0.488 e. The molecule has 104 valence electrons. The number of rotatable bonds is 4. The molecule has 0 unspecified atom stereocenters. The van der Waals surface area contributed by atoms with Gasteiger partial charge in [-0.1, -0.05) is 28.1 Å². The van der Waals surface area contributed by atoms with Crippen molar-refractivity contribution < 1.29 is 14.6 Å². The van der Waals surface area contributed by atoms with E-state index in [9.17, 15) is 9.90 Å². The number of aromatic carboxylic acids is 1. The summed E-state index contributed by atoms with van der Waals surface area (Å²) in [6.07, 6.45) is 0. The zero-order valence-corrected chi connectivity index (χ0v) is 12.8. The number of aryl methyl sites for hydroxylation is 2. The highest BCUT2D eigenvalue weighted by Gasteiger charge is 2.16. The molecule has 0 aliphatic carbocycles. The number of carboxylic acids is 1. The van der Waals surface area contributed by atoms with Crippen molar-refractivity contribution >= 4 is 21.9 Å². The fourth-order valence-electron chi connectivity index (χ4n) is 1.95. The number of carboxylic acid groups (broad SMARTS) is 1. The standard InChI is InChI=1S/C15H14BrNO3/c1-9-6-13(14(15(18)19)10(2)17-9)20-8-11-4-3-5-12(16)7-11/h3-7H,8H2,1-2H3,(H,18,19). The van der Waals surface area contributed by atoms with Gasteiger partial charge in [-0.25, -0.2) is 4.79 Å². The van der Waals surface area contributed by atoms with E-state index in [4.69, 9.17) is 4.74 Å². The second kappa shape index (κ2) is 6.05. The molecule has 1 N–H and O–H groups in total. The number of carbonyl (C=O) groups is 1. The van der Waals surface area contributed by atoms with Crippen molar-refractivity contribution in [3.63, 3.8) is 0 Å². The van der Waals surface area contributed by atoms with Crippen LogP contribution in [-0.4, -0.2) is 16.1 Å². The summed E-state index contributed by atoms with van der Waals surface area (Å²) in [5.74, 6) is -0.679. The van der Waals surface area contributed by atoms with Crippen molar-refractivity contribution in [3.8, 4) is 5.75 Å². The molecule has 0 amide bonds. The van der Waals surface area contributed by atoms with Crippen molar-refractivity contribution in [2.24, 2.45) is 0 Å². The third kappa shape index (κ3) is 3.36. The van der Waals surface area contributed by atoms with Crippen LogP contribution in [0.15, 0.2) is 34.8 Å². The topological polar surface area (TPSA) is 59.4 Å². The van der Waals surface area contributed by atoms with Crippen LogP contribution in [0.5, 0.6) is 5.75 Å². The van der Waals surface area contributed by atoms with Crippen molar-refractivity contribution in [1.82, 2.24) is 4.98 Å². The van der Waals surface area contributed by atoms with E-state index in [2.05, 4.69) is 20.9 Å². The fraction of sp³-hybridized carbons (Fsp3) is 0.200. The van der Waals surface area contributed by atoms with Gasteiger partial charge in [-0.2, -0.15) is 0 Å². The number of hydrogen-bond acceptors (Lipinski definition) is 3. The molecular formula is C15H14BrNO3. The number of ether oxygens (including phenoxy) is 1. The first-order valence-electron chi connectivity index (χ1n) is 6.06. The number of pyridine rings is 1. The van der Waals surface area contributed by atoms with E-state index in [0.717, 1.165) is 15.7 Å². The first-order valence-corrected chi connectivity index (χ1v) is 6.85. The van der Waals surface area contributed by atoms with E-state index in [1.165, 1.54) is 0 Å². The van der Waals surface area contributed by atoms with Gasteiger partial charge in [-0.05, 0) is 31.5 Å². The Bertz CT molecular complexity index is 656. The summed E-state index contributed by atoms with van der Waals surface area (Å²) < 4.78 is 6.62. The summed E-state index contributed by atoms with van der Waals surface area (Å²) in [6.45, 7) is 3.79. The van der Waals surface area contributed by atoms with E-state index >= 15 is 0 Å². The number of aromatic nitrogens is 1. The molecule has 5 heteroatoms. The number of hydrogen-bond donors (Lipinski definition) is 1. The lowest BCUT2D eigenvalue weighted by Gasteiger charge is -2.12. The number of nitrogens with zero attached hydrogens (tertiary/aromatic N) is 1. The van der Waals surface area contributed by atoms with Crippen molar-refractivity contribution in [3.05, 3.63) is 57.3 Å². The predicted molar refractivity (Wildman–Crippen MR) is 79.1 cm³/mol. The second-order valence-electron chi connectivity index (χ2n) is 4.45. The summed E-state index contributed by atoms with van der Waals surface area (Å²) in [4.78, 5) is 15.4. The minimum Gasteiger partial charge on any atom is -0.488 e. The van der Waals surface area contributed by atoms with Crippen LogP contribution in [0.4, 0.5) is 0 Å². The van der Waals surface area contributed by atoms with Crippen LogP contribution in [0.2, 0.25) is 0 Å². The molecule has 1 heterocycles. The maximum absolute atomic E-state index is 11.3. The van der Waals surface area contributed by atoms with Crippen LogP contribution in [0.1, 0.15) is 27.3 Å². The molecule has 2 rings (SSSR count). The molecule has 0 saturated heterocycles. The van der Waals surface area contributed by atoms with Crippen LogP contribution < -0.4 is 4.74 Å². The van der Waals surface area contributed by atoms with Gasteiger partial charge in [-0.15, -0.1) is 0 Å². The Morgan fingerprint density at radius 3 is 2.75 bits per heavy atom. The fourth-order valence-corrected chi connectivity index (χ4v) is 2.40. The Kier molecular flexibility index (Phi) is 4.39. The SMILES string of the molecule is Cc1cc(OCc2cccc(Br)c2)c(C(=O)O)c(C)n1. The molecule has 0 bridgehead atoms. The normalized spacial score (nSPS) is 10.3. The Morgan fingerprint density at radius 2 is 2.10 bits per heavy atom. The van der Waals surface area contributed by atoms with E-state index in [1.54, 1.807) is 13.0 Å². The van der Waals surface area contributed by atoms with Gasteiger partial charge >= 0.3 is 5.97 Å². The molecule has 0 aliphatic rings. The van der Waals surface area contributed by atoms with Gasteiger partial charge in [0.1, 0.15) is 17.9 Å². The van der Waals surface area contributed by atoms with Gasteiger partial charge in [-0.3, -0.25) is 4.98 Å². The molecule has 1 aromatic carbocycles. The zero-order chi connectivity index (χ0) is 14.7. The number of benzene rings is 1. The Labute approximate surface area is 125 Å². The van der Waals surface area contributed by atoms with Crippen LogP contribution in [0.3, 0.4) is 0 Å². The predicted octanol–water partition coefficient (Wildman–Crippen LogP) is 3.74. The van der Waals surface area contributed by atoms with E-state index in [-0.39, 0.29) is 5.56 Å². The van der Waals surface area contributed by atoms with Gasteiger partial charge in [0.15, 0.2) is 0 Å². The lowest BCUT2D eigenvalue weighted by molar-refractivity contribution is 0.0690. The van der Waals surface area contributed by atoms with Crippen LogP contribution in [0, 0.1) is 13.8 Å². The van der Waals surface area contributed by atoms with E-state index < -0.39 is 5.97 Å². The molecule has 20 heavy (non-hydrogen) atoms. The molecule has 0 radical (unpaired) electrons. The summed E-state index contributed by atoms with van der Waals surface area (Å²) in [5.41, 5.74) is 2.27. The number of halogens is 1. The Hall–Kier alpha value is -1.88. The highest BCUT2D eigenvalue weighted by atomic mass is 79.9. The zero-order valence-electron chi connectivity index (χ0n) is 11.2. The first-order chi connectivity index (χ1) is 9.47. The van der Waals surface area contributed by atoms with Gasteiger partial charge in [0.25, 0.3) is 0 Å². The molecule has 0 aliphatic heterocycles. The summed E-state index contributed by atoms with van der Waals surface area (Å²) >= 11 is 3.39.